The van der Waals surface area contributed by atoms with Crippen molar-refractivity contribution in [3.63, 3.8) is 0 Å². The second kappa shape index (κ2) is 7.00. The zero-order valence-corrected chi connectivity index (χ0v) is 9.76. The van der Waals surface area contributed by atoms with E-state index in [2.05, 4.69) is 17.2 Å². The first-order valence-corrected chi connectivity index (χ1v) is 5.47. The Kier molecular flexibility index (Phi) is 5.61. The van der Waals surface area contributed by atoms with Gasteiger partial charge in [-0.25, -0.2) is 8.78 Å². The highest BCUT2D eigenvalue weighted by atomic mass is 19.1. The summed E-state index contributed by atoms with van der Waals surface area (Å²) in [7, 11) is 0. The lowest BCUT2D eigenvalue weighted by Crippen LogP contribution is -2.29. The van der Waals surface area contributed by atoms with Crippen LogP contribution in [0.25, 0.3) is 0 Å². The van der Waals surface area contributed by atoms with Crippen LogP contribution in [-0.2, 0) is 0 Å². The van der Waals surface area contributed by atoms with E-state index < -0.39 is 11.6 Å². The lowest BCUT2D eigenvalue weighted by molar-refractivity contribution is 0.504. The summed E-state index contributed by atoms with van der Waals surface area (Å²) in [5.41, 5.74) is 5.95. The molecule has 0 aliphatic heterocycles. The fraction of sp³-hybridized carbons (Fsp3) is 0.385. The highest BCUT2D eigenvalue weighted by molar-refractivity contribution is 5.22. The zero-order chi connectivity index (χ0) is 12.7. The summed E-state index contributed by atoms with van der Waals surface area (Å²) in [6, 6.07) is 3.20. The van der Waals surface area contributed by atoms with Gasteiger partial charge in [0.05, 0.1) is 0 Å². The molecule has 92 valence electrons. The van der Waals surface area contributed by atoms with Crippen molar-refractivity contribution in [1.29, 1.82) is 0 Å². The lowest BCUT2D eigenvalue weighted by atomic mass is 10.1. The Morgan fingerprint density at radius 1 is 1.41 bits per heavy atom. The van der Waals surface area contributed by atoms with E-state index in [0.29, 0.717) is 18.5 Å². The first kappa shape index (κ1) is 13.6. The Bertz CT molecular complexity index is 421. The fourth-order valence-corrected chi connectivity index (χ4v) is 1.54. The van der Waals surface area contributed by atoms with Gasteiger partial charge in [0.2, 0.25) is 0 Å². The standard InChI is InChI=1S/C13H16F2N2/c1-2-3-4-7-17-13(9-16)11-6-5-10(14)8-12(11)15/h5-6,8,13,17H,4,7,9,16H2,1H3. The van der Waals surface area contributed by atoms with E-state index in [1.54, 1.807) is 6.92 Å². The second-order valence-corrected chi connectivity index (χ2v) is 3.59. The van der Waals surface area contributed by atoms with Gasteiger partial charge >= 0.3 is 0 Å². The van der Waals surface area contributed by atoms with Gasteiger partial charge in [0.25, 0.3) is 0 Å². The number of rotatable bonds is 5. The summed E-state index contributed by atoms with van der Waals surface area (Å²) < 4.78 is 26.3. The molecule has 17 heavy (non-hydrogen) atoms. The molecule has 4 heteroatoms. The zero-order valence-electron chi connectivity index (χ0n) is 9.76. The molecule has 0 fully saturated rings. The number of hydrogen-bond donors (Lipinski definition) is 2. The van der Waals surface area contributed by atoms with E-state index in [0.717, 1.165) is 6.07 Å². The fourth-order valence-electron chi connectivity index (χ4n) is 1.54. The third-order valence-corrected chi connectivity index (χ3v) is 2.39. The highest BCUT2D eigenvalue weighted by Gasteiger charge is 2.13. The topological polar surface area (TPSA) is 38.0 Å². The molecular formula is C13H16F2N2. The van der Waals surface area contributed by atoms with Crippen LogP contribution in [0.1, 0.15) is 24.9 Å². The number of halogens is 2. The lowest BCUT2D eigenvalue weighted by Gasteiger charge is -2.17. The molecule has 1 aromatic rings. The number of hydrogen-bond acceptors (Lipinski definition) is 2. The predicted octanol–water partition coefficient (Wildman–Crippen LogP) is 1.97. The predicted molar refractivity (Wildman–Crippen MR) is 64.2 cm³/mol. The molecule has 0 aliphatic carbocycles. The second-order valence-electron chi connectivity index (χ2n) is 3.59. The van der Waals surface area contributed by atoms with Crippen molar-refractivity contribution in [1.82, 2.24) is 5.32 Å². The van der Waals surface area contributed by atoms with Gasteiger partial charge in [-0.1, -0.05) is 6.07 Å². The maximum Gasteiger partial charge on any atom is 0.130 e. The van der Waals surface area contributed by atoms with E-state index >= 15 is 0 Å². The molecule has 1 rings (SSSR count). The van der Waals surface area contributed by atoms with E-state index in [1.807, 2.05) is 0 Å². The molecule has 2 nitrogen and oxygen atoms in total. The van der Waals surface area contributed by atoms with Crippen LogP contribution in [0, 0.1) is 23.5 Å². The van der Waals surface area contributed by atoms with Gasteiger partial charge in [0.1, 0.15) is 11.6 Å². The smallest absolute Gasteiger partial charge is 0.130 e. The Morgan fingerprint density at radius 2 is 2.18 bits per heavy atom. The van der Waals surface area contributed by atoms with Gasteiger partial charge in [-0.05, 0) is 13.0 Å². The monoisotopic (exact) mass is 238 g/mol. The molecule has 0 saturated carbocycles. The van der Waals surface area contributed by atoms with Crippen molar-refractivity contribution in [2.24, 2.45) is 5.73 Å². The van der Waals surface area contributed by atoms with Crippen LogP contribution in [-0.4, -0.2) is 13.1 Å². The van der Waals surface area contributed by atoms with Gasteiger partial charge in [-0.2, -0.15) is 0 Å². The minimum atomic E-state index is -0.584. The Morgan fingerprint density at radius 3 is 2.76 bits per heavy atom. The average Bonchev–Trinajstić information content (AvgIpc) is 2.31. The maximum atomic E-state index is 13.5. The summed E-state index contributed by atoms with van der Waals surface area (Å²) in [5, 5.41) is 3.09. The van der Waals surface area contributed by atoms with Crippen molar-refractivity contribution < 1.29 is 8.78 Å². The summed E-state index contributed by atoms with van der Waals surface area (Å²) >= 11 is 0. The van der Waals surface area contributed by atoms with Crippen LogP contribution in [0.2, 0.25) is 0 Å². The van der Waals surface area contributed by atoms with Crippen LogP contribution in [0.4, 0.5) is 8.78 Å². The molecule has 0 spiro atoms. The molecule has 1 aromatic carbocycles. The van der Waals surface area contributed by atoms with Crippen LogP contribution in [0.15, 0.2) is 18.2 Å². The number of benzene rings is 1. The van der Waals surface area contributed by atoms with Crippen LogP contribution >= 0.6 is 0 Å². The van der Waals surface area contributed by atoms with Gasteiger partial charge in [0.15, 0.2) is 0 Å². The molecule has 0 amide bonds. The Labute approximate surface area is 100 Å². The van der Waals surface area contributed by atoms with E-state index in [-0.39, 0.29) is 12.6 Å². The average molecular weight is 238 g/mol. The molecule has 3 N–H and O–H groups in total. The van der Waals surface area contributed by atoms with Crippen molar-refractivity contribution in [3.05, 3.63) is 35.4 Å². The molecule has 1 atom stereocenters. The maximum absolute atomic E-state index is 13.5. The number of nitrogens with one attached hydrogen (secondary N) is 1. The van der Waals surface area contributed by atoms with Crippen molar-refractivity contribution in [2.45, 2.75) is 19.4 Å². The Hall–Kier alpha value is -1.44. The van der Waals surface area contributed by atoms with E-state index in [1.165, 1.54) is 12.1 Å². The quantitative estimate of drug-likeness (QED) is 0.608. The van der Waals surface area contributed by atoms with E-state index in [9.17, 15) is 8.78 Å². The summed E-state index contributed by atoms with van der Waals surface area (Å²) in [6.07, 6.45) is 0.676. The van der Waals surface area contributed by atoms with Gasteiger partial charge in [0, 0.05) is 37.2 Å². The van der Waals surface area contributed by atoms with Gasteiger partial charge < -0.3 is 11.1 Å². The highest BCUT2D eigenvalue weighted by Crippen LogP contribution is 2.17. The van der Waals surface area contributed by atoms with E-state index in [4.69, 9.17) is 5.73 Å². The minimum absolute atomic E-state index is 0.252. The first-order valence-electron chi connectivity index (χ1n) is 5.47. The summed E-state index contributed by atoms with van der Waals surface area (Å²) in [6.45, 7) is 2.64. The van der Waals surface area contributed by atoms with Crippen LogP contribution in [0.3, 0.4) is 0 Å². The molecule has 0 bridgehead atoms. The molecule has 0 heterocycles. The normalized spacial score (nSPS) is 11.8. The molecular weight excluding hydrogens is 222 g/mol. The summed E-state index contributed by atoms with van der Waals surface area (Å²) in [5.74, 6) is 4.51. The molecule has 1 unspecified atom stereocenters. The SMILES string of the molecule is CC#CCCNC(CN)c1ccc(F)cc1F. The van der Waals surface area contributed by atoms with Crippen molar-refractivity contribution in [3.8, 4) is 11.8 Å². The van der Waals surface area contributed by atoms with Gasteiger partial charge in [-0.3, -0.25) is 0 Å². The molecule has 0 saturated heterocycles. The van der Waals surface area contributed by atoms with Crippen LogP contribution < -0.4 is 11.1 Å². The van der Waals surface area contributed by atoms with Crippen molar-refractivity contribution in [2.75, 3.05) is 13.1 Å². The first-order chi connectivity index (χ1) is 8.19. The van der Waals surface area contributed by atoms with Crippen LogP contribution in [0.5, 0.6) is 0 Å². The van der Waals surface area contributed by atoms with Gasteiger partial charge in [-0.15, -0.1) is 11.8 Å². The van der Waals surface area contributed by atoms with Crippen molar-refractivity contribution >= 4 is 0 Å². The number of nitrogens with two attached hydrogens (primary N) is 1. The Balaban J connectivity index is 2.68. The third kappa shape index (κ3) is 4.14. The molecule has 0 aromatic heterocycles. The molecule has 0 aliphatic rings. The molecule has 0 radical (unpaired) electrons. The third-order valence-electron chi connectivity index (χ3n) is 2.39. The minimum Gasteiger partial charge on any atom is -0.329 e. The largest absolute Gasteiger partial charge is 0.329 e. The summed E-state index contributed by atoms with van der Waals surface area (Å²) in [4.78, 5) is 0.